The molecule has 1 heterocycles. The van der Waals surface area contributed by atoms with Crippen LogP contribution >= 0.6 is 12.4 Å². The summed E-state index contributed by atoms with van der Waals surface area (Å²) in [5.41, 5.74) is 2.86. The molecule has 3 nitrogen and oxygen atoms in total. The van der Waals surface area contributed by atoms with E-state index in [1.165, 1.54) is 11.1 Å². The average molecular weight is 339 g/mol. The van der Waals surface area contributed by atoms with E-state index in [-0.39, 0.29) is 23.7 Å². The lowest BCUT2D eigenvalue weighted by Gasteiger charge is -2.34. The van der Waals surface area contributed by atoms with Crippen LogP contribution in [0.2, 0.25) is 0 Å². The molecule has 1 fully saturated rings. The van der Waals surface area contributed by atoms with Crippen molar-refractivity contribution in [3.05, 3.63) is 35.4 Å². The SMILES string of the molecule is CC(C)c1ccc(CCC(=O)NCC2(C)CCNCC2)cc1.Cl. The first-order chi connectivity index (χ1) is 10.5. The fraction of sp³-hybridized carbons (Fsp3) is 0.632. The number of aryl methyl sites for hydroxylation is 1. The Kier molecular flexibility index (Phi) is 8.07. The maximum absolute atomic E-state index is 12.0. The number of hydrogen-bond acceptors (Lipinski definition) is 2. The second-order valence-electron chi connectivity index (χ2n) is 7.23. The fourth-order valence-electron chi connectivity index (χ4n) is 2.93. The Morgan fingerprint density at radius 1 is 1.22 bits per heavy atom. The van der Waals surface area contributed by atoms with Crippen molar-refractivity contribution >= 4 is 18.3 Å². The van der Waals surface area contributed by atoms with E-state index >= 15 is 0 Å². The normalized spacial score (nSPS) is 16.7. The predicted molar refractivity (Wildman–Crippen MR) is 99.3 cm³/mol. The van der Waals surface area contributed by atoms with Crippen LogP contribution in [0, 0.1) is 5.41 Å². The number of benzene rings is 1. The van der Waals surface area contributed by atoms with E-state index in [0.29, 0.717) is 12.3 Å². The molecule has 0 radical (unpaired) electrons. The molecular weight excluding hydrogens is 308 g/mol. The van der Waals surface area contributed by atoms with Gasteiger partial charge in [-0.25, -0.2) is 0 Å². The van der Waals surface area contributed by atoms with E-state index in [2.05, 4.69) is 55.7 Å². The van der Waals surface area contributed by atoms with Crippen LogP contribution in [0.1, 0.15) is 57.1 Å². The summed E-state index contributed by atoms with van der Waals surface area (Å²) in [4.78, 5) is 12.0. The Labute approximate surface area is 147 Å². The van der Waals surface area contributed by atoms with Crippen molar-refractivity contribution in [1.82, 2.24) is 10.6 Å². The van der Waals surface area contributed by atoms with Gasteiger partial charge in [-0.3, -0.25) is 4.79 Å². The van der Waals surface area contributed by atoms with Gasteiger partial charge >= 0.3 is 0 Å². The number of carbonyl (C=O) groups is 1. The van der Waals surface area contributed by atoms with Gasteiger partial charge in [-0.05, 0) is 54.8 Å². The van der Waals surface area contributed by atoms with Gasteiger partial charge in [0.2, 0.25) is 5.91 Å². The van der Waals surface area contributed by atoms with Crippen LogP contribution in [-0.4, -0.2) is 25.5 Å². The van der Waals surface area contributed by atoms with Crippen molar-refractivity contribution in [3.63, 3.8) is 0 Å². The molecule has 0 aliphatic carbocycles. The molecule has 0 bridgehead atoms. The minimum Gasteiger partial charge on any atom is -0.356 e. The molecule has 0 aromatic heterocycles. The van der Waals surface area contributed by atoms with Gasteiger partial charge in [0, 0.05) is 13.0 Å². The molecule has 4 heteroatoms. The molecule has 1 aromatic carbocycles. The van der Waals surface area contributed by atoms with Crippen molar-refractivity contribution in [1.29, 1.82) is 0 Å². The monoisotopic (exact) mass is 338 g/mol. The predicted octanol–water partition coefficient (Wildman–Crippen LogP) is 3.67. The second-order valence-corrected chi connectivity index (χ2v) is 7.23. The van der Waals surface area contributed by atoms with Crippen LogP contribution in [-0.2, 0) is 11.2 Å². The number of halogens is 1. The van der Waals surface area contributed by atoms with Gasteiger partial charge < -0.3 is 10.6 Å². The van der Waals surface area contributed by atoms with Gasteiger partial charge in [0.1, 0.15) is 0 Å². The average Bonchev–Trinajstić information content (AvgIpc) is 2.52. The van der Waals surface area contributed by atoms with Crippen LogP contribution in [0.4, 0.5) is 0 Å². The number of hydrogen-bond donors (Lipinski definition) is 2. The minimum atomic E-state index is 0. The number of piperidine rings is 1. The maximum atomic E-state index is 12.0. The molecule has 2 N–H and O–H groups in total. The summed E-state index contributed by atoms with van der Waals surface area (Å²) in [6.45, 7) is 9.61. The second kappa shape index (κ2) is 9.29. The molecule has 1 amide bonds. The molecule has 1 saturated heterocycles. The summed E-state index contributed by atoms with van der Waals surface area (Å²) >= 11 is 0. The van der Waals surface area contributed by atoms with Crippen LogP contribution < -0.4 is 10.6 Å². The molecule has 0 spiro atoms. The van der Waals surface area contributed by atoms with E-state index in [4.69, 9.17) is 0 Å². The third-order valence-corrected chi connectivity index (χ3v) is 4.81. The highest BCUT2D eigenvalue weighted by atomic mass is 35.5. The first-order valence-electron chi connectivity index (χ1n) is 8.55. The third-order valence-electron chi connectivity index (χ3n) is 4.81. The minimum absolute atomic E-state index is 0. The van der Waals surface area contributed by atoms with Crippen LogP contribution in [0.3, 0.4) is 0 Å². The van der Waals surface area contributed by atoms with Crippen molar-refractivity contribution in [2.75, 3.05) is 19.6 Å². The van der Waals surface area contributed by atoms with E-state index < -0.39 is 0 Å². The van der Waals surface area contributed by atoms with Crippen molar-refractivity contribution in [3.8, 4) is 0 Å². The fourth-order valence-corrected chi connectivity index (χ4v) is 2.93. The molecule has 1 aliphatic rings. The zero-order valence-electron chi connectivity index (χ0n) is 14.7. The summed E-state index contributed by atoms with van der Waals surface area (Å²) in [5.74, 6) is 0.732. The molecule has 1 aromatic rings. The quantitative estimate of drug-likeness (QED) is 0.831. The van der Waals surface area contributed by atoms with Crippen molar-refractivity contribution < 1.29 is 4.79 Å². The van der Waals surface area contributed by atoms with E-state index in [0.717, 1.165) is 38.9 Å². The van der Waals surface area contributed by atoms with Gasteiger partial charge in [0.25, 0.3) is 0 Å². The summed E-state index contributed by atoms with van der Waals surface area (Å²) < 4.78 is 0. The molecule has 0 unspecified atom stereocenters. The topological polar surface area (TPSA) is 41.1 Å². The Balaban J connectivity index is 0.00000264. The highest BCUT2D eigenvalue weighted by molar-refractivity contribution is 5.85. The Bertz CT molecular complexity index is 479. The number of rotatable bonds is 6. The van der Waals surface area contributed by atoms with Crippen LogP contribution in [0.15, 0.2) is 24.3 Å². The lowest BCUT2D eigenvalue weighted by Crippen LogP contribution is -2.42. The van der Waals surface area contributed by atoms with Gasteiger partial charge in [0.15, 0.2) is 0 Å². The van der Waals surface area contributed by atoms with E-state index in [1.807, 2.05) is 0 Å². The van der Waals surface area contributed by atoms with Gasteiger partial charge in [0.05, 0.1) is 0 Å². The smallest absolute Gasteiger partial charge is 0.220 e. The summed E-state index contributed by atoms with van der Waals surface area (Å²) in [6, 6.07) is 8.65. The summed E-state index contributed by atoms with van der Waals surface area (Å²) in [6.07, 6.45) is 3.69. The van der Waals surface area contributed by atoms with Gasteiger partial charge in [-0.2, -0.15) is 0 Å². The molecular formula is C19H31ClN2O. The van der Waals surface area contributed by atoms with E-state index in [1.54, 1.807) is 0 Å². The van der Waals surface area contributed by atoms with Gasteiger partial charge in [-0.1, -0.05) is 45.0 Å². The zero-order chi connectivity index (χ0) is 16.0. The number of amides is 1. The zero-order valence-corrected chi connectivity index (χ0v) is 15.5. The van der Waals surface area contributed by atoms with Crippen molar-refractivity contribution in [2.45, 2.75) is 52.4 Å². The first-order valence-corrected chi connectivity index (χ1v) is 8.55. The summed E-state index contributed by atoms with van der Waals surface area (Å²) in [7, 11) is 0. The maximum Gasteiger partial charge on any atom is 0.220 e. The first kappa shape index (κ1) is 20.0. The summed E-state index contributed by atoms with van der Waals surface area (Å²) in [5, 5.41) is 6.50. The molecule has 130 valence electrons. The lowest BCUT2D eigenvalue weighted by molar-refractivity contribution is -0.121. The lowest BCUT2D eigenvalue weighted by atomic mass is 9.81. The van der Waals surface area contributed by atoms with Crippen LogP contribution in [0.25, 0.3) is 0 Å². The molecule has 0 saturated carbocycles. The van der Waals surface area contributed by atoms with Crippen molar-refractivity contribution in [2.24, 2.45) is 5.41 Å². The largest absolute Gasteiger partial charge is 0.356 e. The van der Waals surface area contributed by atoms with Gasteiger partial charge in [-0.15, -0.1) is 12.4 Å². The molecule has 23 heavy (non-hydrogen) atoms. The Morgan fingerprint density at radius 2 is 1.83 bits per heavy atom. The molecule has 1 aliphatic heterocycles. The van der Waals surface area contributed by atoms with E-state index in [9.17, 15) is 4.79 Å². The highest BCUT2D eigenvalue weighted by Crippen LogP contribution is 2.26. The highest BCUT2D eigenvalue weighted by Gasteiger charge is 2.26. The van der Waals surface area contributed by atoms with Crippen LogP contribution in [0.5, 0.6) is 0 Å². The third kappa shape index (κ3) is 6.52. The standard InChI is InChI=1S/C19H30N2O.ClH/c1-15(2)17-7-4-16(5-8-17)6-9-18(22)21-14-19(3)10-12-20-13-11-19;/h4-5,7-8,15,20H,6,9-14H2,1-3H3,(H,21,22);1H. The molecule has 0 atom stereocenters. The Hall–Kier alpha value is -1.06. The molecule has 2 rings (SSSR count). The Morgan fingerprint density at radius 3 is 2.39 bits per heavy atom. The number of carbonyl (C=O) groups excluding carboxylic acids is 1. The number of nitrogens with one attached hydrogen (secondary N) is 2.